The molecule has 0 fully saturated rings. The van der Waals surface area contributed by atoms with Crippen molar-refractivity contribution in [2.75, 3.05) is 0 Å². The smallest absolute Gasteiger partial charge is 0.160 e. The maximum atomic E-state index is 9.97. The predicted octanol–water partition coefficient (Wildman–Crippen LogP) is 2.54. The van der Waals surface area contributed by atoms with Gasteiger partial charge in [-0.15, -0.1) is 0 Å². The van der Waals surface area contributed by atoms with Crippen LogP contribution in [0.25, 0.3) is 0 Å². The van der Waals surface area contributed by atoms with Crippen LogP contribution in [0.5, 0.6) is 0 Å². The summed E-state index contributed by atoms with van der Waals surface area (Å²) in [5.41, 5.74) is 1.16. The summed E-state index contributed by atoms with van der Waals surface area (Å²) < 4.78 is 9.97. The lowest BCUT2D eigenvalue weighted by Crippen LogP contribution is -1.63. The van der Waals surface area contributed by atoms with E-state index in [2.05, 4.69) is 0 Å². The highest BCUT2D eigenvalue weighted by molar-refractivity contribution is 7.22. The van der Waals surface area contributed by atoms with E-state index in [1.54, 1.807) is 11.3 Å². The fourth-order valence-electron chi connectivity index (χ4n) is 0.457. The summed E-state index contributed by atoms with van der Waals surface area (Å²) >= 11 is 1.64. The lowest BCUT2D eigenvalue weighted by molar-refractivity contribution is 0.598. The fraction of sp³-hybridized carbons (Fsp3) is 0.200. The van der Waals surface area contributed by atoms with Gasteiger partial charge in [0.2, 0.25) is 0 Å². The third-order valence-electron chi connectivity index (χ3n) is 0.827. The van der Waals surface area contributed by atoms with Crippen molar-refractivity contribution in [2.24, 2.45) is 0 Å². The minimum absolute atomic E-state index is 0.212. The lowest BCUT2D eigenvalue weighted by Gasteiger charge is -1.77. The van der Waals surface area contributed by atoms with Crippen LogP contribution in [0.15, 0.2) is 16.8 Å². The Balaban J connectivity index is 2.62. The number of hydrogen-bond acceptors (Lipinski definition) is 2. The number of hydrogen-bond donors (Lipinski definition) is 0. The van der Waals surface area contributed by atoms with Gasteiger partial charge >= 0.3 is 0 Å². The maximum absolute atomic E-state index is 9.97. The van der Waals surface area contributed by atoms with Gasteiger partial charge in [0, 0.05) is 0 Å². The Kier molecular flexibility index (Phi) is 2.19. The van der Waals surface area contributed by atoms with Crippen molar-refractivity contribution in [1.29, 1.82) is 0 Å². The molecule has 1 heterocycles. The van der Waals surface area contributed by atoms with E-state index in [0.29, 0.717) is 6.16 Å². The molecule has 0 saturated carbocycles. The van der Waals surface area contributed by atoms with E-state index in [1.165, 1.54) is 0 Å². The van der Waals surface area contributed by atoms with E-state index < -0.39 is 0 Å². The van der Waals surface area contributed by atoms with Gasteiger partial charge in [0.1, 0.15) is 0 Å². The van der Waals surface area contributed by atoms with E-state index in [4.69, 9.17) is 0 Å². The Morgan fingerprint density at radius 3 is 3.12 bits per heavy atom. The van der Waals surface area contributed by atoms with Gasteiger partial charge < -0.3 is 0 Å². The molecule has 0 radical (unpaired) electrons. The van der Waals surface area contributed by atoms with Gasteiger partial charge in [0.25, 0.3) is 0 Å². The number of rotatable bonds is 2. The van der Waals surface area contributed by atoms with E-state index in [9.17, 15) is 4.57 Å². The highest BCUT2D eigenvalue weighted by Gasteiger charge is 1.87. The molecule has 0 aliphatic rings. The van der Waals surface area contributed by atoms with Crippen LogP contribution in [-0.4, -0.2) is 0 Å². The van der Waals surface area contributed by atoms with Crippen LogP contribution in [0.4, 0.5) is 0 Å². The van der Waals surface area contributed by atoms with Gasteiger partial charge in [-0.25, -0.2) is 0 Å². The Labute approximate surface area is 53.6 Å². The molecule has 1 aromatic rings. The second-order valence-electron chi connectivity index (χ2n) is 1.42. The average Bonchev–Trinajstić information content (AvgIpc) is 2.19. The molecular formula is C5H5OPS. The third kappa shape index (κ3) is 1.39. The quantitative estimate of drug-likeness (QED) is 0.583. The molecule has 0 atom stereocenters. The largest absolute Gasteiger partial charge is 0.275 e. The van der Waals surface area contributed by atoms with Crippen molar-refractivity contribution in [3.05, 3.63) is 22.4 Å². The first-order valence-electron chi connectivity index (χ1n) is 2.23. The highest BCUT2D eigenvalue weighted by Crippen LogP contribution is 2.11. The molecule has 0 saturated heterocycles. The molecule has 0 bridgehead atoms. The van der Waals surface area contributed by atoms with Crippen molar-refractivity contribution < 1.29 is 4.57 Å². The minimum Gasteiger partial charge on any atom is -0.275 e. The first-order valence-corrected chi connectivity index (χ1v) is 4.17. The first kappa shape index (κ1) is 5.93. The molecule has 3 heteroatoms. The van der Waals surface area contributed by atoms with Crippen LogP contribution in [0.3, 0.4) is 0 Å². The summed E-state index contributed by atoms with van der Waals surface area (Å²) in [5.74, 6) is 0. The van der Waals surface area contributed by atoms with Crippen LogP contribution in [0.1, 0.15) is 5.56 Å². The Morgan fingerprint density at radius 1 is 1.75 bits per heavy atom. The Morgan fingerprint density at radius 2 is 2.62 bits per heavy atom. The predicted molar refractivity (Wildman–Crippen MR) is 35.6 cm³/mol. The summed E-state index contributed by atoms with van der Waals surface area (Å²) in [6.07, 6.45) is 0.656. The van der Waals surface area contributed by atoms with Crippen molar-refractivity contribution >= 4 is 19.8 Å². The molecule has 0 spiro atoms. The summed E-state index contributed by atoms with van der Waals surface area (Å²) in [4.78, 5) is 0. The van der Waals surface area contributed by atoms with Gasteiger partial charge in [0.15, 0.2) is 8.46 Å². The van der Waals surface area contributed by atoms with E-state index >= 15 is 0 Å². The van der Waals surface area contributed by atoms with E-state index in [-0.39, 0.29) is 8.46 Å². The molecule has 0 N–H and O–H groups in total. The van der Waals surface area contributed by atoms with Gasteiger partial charge in [-0.2, -0.15) is 11.3 Å². The second kappa shape index (κ2) is 2.95. The molecule has 0 unspecified atom stereocenters. The molecule has 0 amide bonds. The number of thiophene rings is 1. The molecule has 0 aliphatic carbocycles. The molecule has 0 aliphatic heterocycles. The average molecular weight is 144 g/mol. The summed E-state index contributed by atoms with van der Waals surface area (Å²) in [6, 6.07) is 1.98. The van der Waals surface area contributed by atoms with E-state index in [1.807, 2.05) is 16.8 Å². The summed E-state index contributed by atoms with van der Waals surface area (Å²) in [7, 11) is 0.212. The molecule has 1 aromatic heterocycles. The van der Waals surface area contributed by atoms with Gasteiger partial charge in [-0.1, -0.05) is 0 Å². The zero-order valence-corrected chi connectivity index (χ0v) is 5.91. The first-order chi connectivity index (χ1) is 3.93. The molecule has 42 valence electrons. The molecule has 8 heavy (non-hydrogen) atoms. The second-order valence-corrected chi connectivity index (χ2v) is 2.77. The van der Waals surface area contributed by atoms with Crippen LogP contribution in [-0.2, 0) is 10.7 Å². The standard InChI is InChI=1S/C5H5OPS/c6-7-3-5-1-2-8-4-5/h1-2,4H,3H2. The van der Waals surface area contributed by atoms with E-state index in [0.717, 1.165) is 5.56 Å². The Hall–Kier alpha value is -0.200. The molecule has 1 nitrogen and oxygen atoms in total. The van der Waals surface area contributed by atoms with Crippen LogP contribution in [0, 0.1) is 0 Å². The van der Waals surface area contributed by atoms with Gasteiger partial charge in [-0.05, 0) is 22.4 Å². The fourth-order valence-corrected chi connectivity index (χ4v) is 1.60. The molecule has 1 rings (SSSR count). The Bertz CT molecular complexity index is 159. The van der Waals surface area contributed by atoms with Crippen molar-refractivity contribution in [3.63, 3.8) is 0 Å². The lowest BCUT2D eigenvalue weighted by atomic mass is 10.4. The van der Waals surface area contributed by atoms with Crippen molar-refractivity contribution in [3.8, 4) is 0 Å². The SMILES string of the molecule is O=PCc1ccsc1. The van der Waals surface area contributed by atoms with Gasteiger partial charge in [-0.3, -0.25) is 4.57 Å². The zero-order chi connectivity index (χ0) is 5.82. The monoisotopic (exact) mass is 144 g/mol. The van der Waals surface area contributed by atoms with Gasteiger partial charge in [0.05, 0.1) is 6.16 Å². The van der Waals surface area contributed by atoms with Crippen LogP contribution < -0.4 is 0 Å². The topological polar surface area (TPSA) is 17.1 Å². The molecular weight excluding hydrogens is 139 g/mol. The highest BCUT2D eigenvalue weighted by atomic mass is 32.1. The summed E-state index contributed by atoms with van der Waals surface area (Å²) in [6.45, 7) is 0. The van der Waals surface area contributed by atoms with Crippen LogP contribution in [0.2, 0.25) is 0 Å². The van der Waals surface area contributed by atoms with Crippen molar-refractivity contribution in [1.82, 2.24) is 0 Å². The minimum atomic E-state index is 0.212. The third-order valence-corrected chi connectivity index (χ3v) is 2.05. The summed E-state index contributed by atoms with van der Waals surface area (Å²) in [5, 5.41) is 3.99. The maximum Gasteiger partial charge on any atom is 0.160 e. The van der Waals surface area contributed by atoms with Crippen LogP contribution >= 0.6 is 19.8 Å². The molecule has 0 aromatic carbocycles. The zero-order valence-electron chi connectivity index (χ0n) is 4.20. The van der Waals surface area contributed by atoms with Crippen molar-refractivity contribution in [2.45, 2.75) is 6.16 Å². The normalized spacial score (nSPS) is 10.0.